The minimum atomic E-state index is -0.619. The molecule has 5 nitrogen and oxygen atoms in total. The van der Waals surface area contributed by atoms with Gasteiger partial charge in [0.2, 0.25) is 0 Å². The summed E-state index contributed by atoms with van der Waals surface area (Å²) in [5.74, 6) is -0.654. The van der Waals surface area contributed by atoms with Crippen LogP contribution in [0, 0.1) is 13.8 Å². The molecule has 1 aromatic rings. The molecule has 0 saturated carbocycles. The Morgan fingerprint density at radius 2 is 1.74 bits per heavy atom. The number of rotatable bonds is 4. The highest BCUT2D eigenvalue weighted by Crippen LogP contribution is 2.39. The molecule has 0 amide bonds. The lowest BCUT2D eigenvalue weighted by atomic mass is 10.1. The summed E-state index contributed by atoms with van der Waals surface area (Å²) in [6, 6.07) is 0. The Kier molecular flexibility index (Phi) is 5.11. The normalized spacial score (nSPS) is 11.1. The fourth-order valence-corrected chi connectivity index (χ4v) is 2.67. The molecule has 1 heterocycles. The maximum atomic E-state index is 11.8. The van der Waals surface area contributed by atoms with E-state index < -0.39 is 11.9 Å². The number of methoxy groups -OCH3 is 3. The van der Waals surface area contributed by atoms with Crippen LogP contribution in [0.3, 0.4) is 0 Å². The van der Waals surface area contributed by atoms with Gasteiger partial charge in [0.1, 0.15) is 5.75 Å². The SMILES string of the molecule is COC(=O)/C=C(\C(=O)OC)c1sc(C)c(C)c1OC. The van der Waals surface area contributed by atoms with E-state index in [-0.39, 0.29) is 5.57 Å². The smallest absolute Gasteiger partial charge is 0.339 e. The molecular weight excluding hydrogens is 268 g/mol. The third kappa shape index (κ3) is 3.14. The molecule has 0 unspecified atom stereocenters. The van der Waals surface area contributed by atoms with Gasteiger partial charge < -0.3 is 14.2 Å². The number of hydrogen-bond acceptors (Lipinski definition) is 6. The van der Waals surface area contributed by atoms with Crippen molar-refractivity contribution >= 4 is 28.8 Å². The zero-order valence-corrected chi connectivity index (χ0v) is 12.3. The van der Waals surface area contributed by atoms with Gasteiger partial charge in [0, 0.05) is 16.5 Å². The van der Waals surface area contributed by atoms with Gasteiger partial charge in [-0.25, -0.2) is 9.59 Å². The van der Waals surface area contributed by atoms with Crippen LogP contribution >= 0.6 is 11.3 Å². The summed E-state index contributed by atoms with van der Waals surface area (Å²) in [6.07, 6.45) is 1.11. The van der Waals surface area contributed by atoms with E-state index in [0.29, 0.717) is 10.6 Å². The average molecular weight is 284 g/mol. The number of carbonyl (C=O) groups excluding carboxylic acids is 2. The molecule has 19 heavy (non-hydrogen) atoms. The first-order valence-corrected chi connectivity index (χ1v) is 6.30. The lowest BCUT2D eigenvalue weighted by Crippen LogP contribution is -2.07. The summed E-state index contributed by atoms with van der Waals surface area (Å²) < 4.78 is 14.5. The molecule has 0 N–H and O–H groups in total. The van der Waals surface area contributed by atoms with Crippen LogP contribution in [0.2, 0.25) is 0 Å². The van der Waals surface area contributed by atoms with Crippen molar-refractivity contribution in [3.63, 3.8) is 0 Å². The predicted molar refractivity (Wildman–Crippen MR) is 72.4 cm³/mol. The van der Waals surface area contributed by atoms with Crippen molar-refractivity contribution in [2.75, 3.05) is 21.3 Å². The van der Waals surface area contributed by atoms with Gasteiger partial charge in [0.25, 0.3) is 0 Å². The molecule has 104 valence electrons. The monoisotopic (exact) mass is 284 g/mol. The Morgan fingerprint density at radius 3 is 2.21 bits per heavy atom. The molecule has 6 heteroatoms. The maximum Gasteiger partial charge on any atom is 0.339 e. The van der Waals surface area contributed by atoms with Crippen molar-refractivity contribution in [2.45, 2.75) is 13.8 Å². The standard InChI is InChI=1S/C13H16O5S/c1-7-8(2)19-12(11(7)17-4)9(13(15)18-5)6-10(14)16-3/h6H,1-5H3/b9-6-. The van der Waals surface area contributed by atoms with E-state index >= 15 is 0 Å². The van der Waals surface area contributed by atoms with Gasteiger partial charge >= 0.3 is 11.9 Å². The van der Waals surface area contributed by atoms with Crippen molar-refractivity contribution in [3.8, 4) is 5.75 Å². The Balaban J connectivity index is 3.42. The molecule has 0 saturated heterocycles. The predicted octanol–water partition coefficient (Wildman–Crippen LogP) is 2.10. The van der Waals surface area contributed by atoms with Crippen molar-refractivity contribution in [1.29, 1.82) is 0 Å². The molecule has 0 aliphatic carbocycles. The summed E-state index contributed by atoms with van der Waals surface area (Å²) in [6.45, 7) is 3.81. The van der Waals surface area contributed by atoms with Crippen molar-refractivity contribution in [1.82, 2.24) is 0 Å². The summed E-state index contributed by atoms with van der Waals surface area (Å²) in [4.78, 5) is 24.7. The minimum Gasteiger partial charge on any atom is -0.495 e. The molecule has 1 aromatic heterocycles. The van der Waals surface area contributed by atoms with Crippen LogP contribution in [-0.4, -0.2) is 33.3 Å². The molecule has 0 aliphatic rings. The zero-order chi connectivity index (χ0) is 14.6. The number of thiophene rings is 1. The molecule has 0 fully saturated rings. The fraction of sp³-hybridized carbons (Fsp3) is 0.385. The summed E-state index contributed by atoms with van der Waals surface area (Å²) in [5, 5.41) is 0. The summed E-state index contributed by atoms with van der Waals surface area (Å²) in [5.41, 5.74) is 1.06. The van der Waals surface area contributed by atoms with E-state index in [4.69, 9.17) is 9.47 Å². The van der Waals surface area contributed by atoms with Gasteiger partial charge in [-0.2, -0.15) is 0 Å². The molecule has 1 rings (SSSR count). The van der Waals surface area contributed by atoms with Crippen LogP contribution in [0.25, 0.3) is 5.57 Å². The Morgan fingerprint density at radius 1 is 1.11 bits per heavy atom. The highest BCUT2D eigenvalue weighted by Gasteiger charge is 2.23. The number of carbonyl (C=O) groups is 2. The Bertz CT molecular complexity index is 527. The van der Waals surface area contributed by atoms with E-state index in [1.54, 1.807) is 0 Å². The van der Waals surface area contributed by atoms with Gasteiger partial charge in [-0.1, -0.05) is 0 Å². The van der Waals surface area contributed by atoms with E-state index in [9.17, 15) is 9.59 Å². The molecule has 0 bridgehead atoms. The molecule has 0 atom stereocenters. The fourth-order valence-electron chi connectivity index (χ4n) is 1.53. The Hall–Kier alpha value is -1.82. The number of hydrogen-bond donors (Lipinski definition) is 0. The van der Waals surface area contributed by atoms with Crippen LogP contribution < -0.4 is 4.74 Å². The molecular formula is C13H16O5S. The zero-order valence-electron chi connectivity index (χ0n) is 11.5. The van der Waals surface area contributed by atoms with Gasteiger partial charge in [-0.15, -0.1) is 11.3 Å². The van der Waals surface area contributed by atoms with Crippen LogP contribution in [0.4, 0.5) is 0 Å². The van der Waals surface area contributed by atoms with Crippen LogP contribution in [0.5, 0.6) is 5.75 Å². The molecule has 0 aliphatic heterocycles. The lowest BCUT2D eigenvalue weighted by molar-refractivity contribution is -0.136. The van der Waals surface area contributed by atoms with Gasteiger partial charge in [0.05, 0.1) is 31.8 Å². The van der Waals surface area contributed by atoms with E-state index in [2.05, 4.69) is 4.74 Å². The van der Waals surface area contributed by atoms with Crippen LogP contribution in [-0.2, 0) is 19.1 Å². The Labute approximate surface area is 115 Å². The first kappa shape index (κ1) is 15.2. The molecule has 0 aromatic carbocycles. The highest BCUT2D eigenvalue weighted by molar-refractivity contribution is 7.14. The second-order valence-corrected chi connectivity index (χ2v) is 4.94. The summed E-state index contributed by atoms with van der Waals surface area (Å²) in [7, 11) is 4.02. The largest absolute Gasteiger partial charge is 0.495 e. The van der Waals surface area contributed by atoms with E-state index in [1.165, 1.54) is 32.7 Å². The highest BCUT2D eigenvalue weighted by atomic mass is 32.1. The van der Waals surface area contributed by atoms with Gasteiger partial charge in [-0.05, 0) is 13.8 Å². The third-order valence-corrected chi connectivity index (χ3v) is 3.87. The van der Waals surface area contributed by atoms with Gasteiger partial charge in [0.15, 0.2) is 0 Å². The van der Waals surface area contributed by atoms with E-state index in [1.807, 2.05) is 13.8 Å². The first-order valence-electron chi connectivity index (χ1n) is 5.48. The van der Waals surface area contributed by atoms with Crippen molar-refractivity contribution in [2.24, 2.45) is 0 Å². The number of aryl methyl sites for hydroxylation is 1. The summed E-state index contributed by atoms with van der Waals surface area (Å²) >= 11 is 1.37. The van der Waals surface area contributed by atoms with Gasteiger partial charge in [-0.3, -0.25) is 0 Å². The second kappa shape index (κ2) is 6.38. The number of esters is 2. The maximum absolute atomic E-state index is 11.8. The quantitative estimate of drug-likeness (QED) is 0.626. The van der Waals surface area contributed by atoms with Crippen LogP contribution in [0.15, 0.2) is 6.08 Å². The second-order valence-electron chi connectivity index (χ2n) is 3.72. The molecule has 0 radical (unpaired) electrons. The average Bonchev–Trinajstić information content (AvgIpc) is 2.70. The van der Waals surface area contributed by atoms with Crippen LogP contribution in [0.1, 0.15) is 15.3 Å². The molecule has 0 spiro atoms. The number of ether oxygens (including phenoxy) is 3. The minimum absolute atomic E-state index is 0.132. The van der Waals surface area contributed by atoms with E-state index in [0.717, 1.165) is 16.5 Å². The third-order valence-electron chi connectivity index (χ3n) is 2.65. The first-order chi connectivity index (χ1) is 8.96. The van der Waals surface area contributed by atoms with Crippen molar-refractivity contribution < 1.29 is 23.8 Å². The lowest BCUT2D eigenvalue weighted by Gasteiger charge is -2.06. The topological polar surface area (TPSA) is 61.8 Å². The van der Waals surface area contributed by atoms with Crippen molar-refractivity contribution in [3.05, 3.63) is 21.4 Å².